The minimum absolute atomic E-state index is 0.162. The van der Waals surface area contributed by atoms with Gasteiger partial charge in [0, 0.05) is 11.1 Å². The highest BCUT2D eigenvalue weighted by Crippen LogP contribution is 2.27. The number of benzene rings is 1. The third kappa shape index (κ3) is 4.29. The number of amides is 1. The highest BCUT2D eigenvalue weighted by Gasteiger charge is 2.13. The molecule has 0 fully saturated rings. The molecule has 3 aromatic rings. The van der Waals surface area contributed by atoms with Crippen molar-refractivity contribution in [2.45, 2.75) is 6.92 Å². The van der Waals surface area contributed by atoms with E-state index in [-0.39, 0.29) is 17.1 Å². The topological polar surface area (TPSA) is 119 Å². The predicted molar refractivity (Wildman–Crippen MR) is 102 cm³/mol. The van der Waals surface area contributed by atoms with E-state index in [0.29, 0.717) is 22.1 Å². The summed E-state index contributed by atoms with van der Waals surface area (Å²) in [6.45, 7) is 1.88. The van der Waals surface area contributed by atoms with E-state index in [1.165, 1.54) is 35.6 Å². The van der Waals surface area contributed by atoms with Crippen LogP contribution in [-0.2, 0) is 4.79 Å². The zero-order valence-electron chi connectivity index (χ0n) is 14.2. The molecule has 0 aliphatic heterocycles. The number of nitrogens with zero attached hydrogens (tertiary/aromatic N) is 3. The lowest BCUT2D eigenvalue weighted by molar-refractivity contribution is -0.112. The first-order chi connectivity index (χ1) is 13.0. The molecule has 0 unspecified atom stereocenters. The van der Waals surface area contributed by atoms with Gasteiger partial charge in [0.1, 0.15) is 17.3 Å². The molecular weight excluding hydrogens is 364 g/mol. The van der Waals surface area contributed by atoms with Crippen molar-refractivity contribution in [3.05, 3.63) is 58.6 Å². The highest BCUT2D eigenvalue weighted by atomic mass is 32.1. The number of phenolic OH excluding ortho intramolecular Hbond substituents is 2. The molecule has 0 saturated heterocycles. The molecule has 0 spiro atoms. The van der Waals surface area contributed by atoms with Crippen molar-refractivity contribution in [2.24, 2.45) is 0 Å². The minimum atomic E-state index is -0.622. The maximum atomic E-state index is 12.3. The standard InChI is InChI=1S/C19H14N4O3S/c1-11-3-2-4-14(21-11)15-10-27-19(22-15)23-18(26)13(9-20)7-12-5-6-16(24)17(25)8-12/h2-8,10,24-25H,1H3,(H,22,23,26)/b13-7+. The number of rotatable bonds is 4. The van der Waals surface area contributed by atoms with E-state index >= 15 is 0 Å². The van der Waals surface area contributed by atoms with Gasteiger partial charge in [0.25, 0.3) is 5.91 Å². The average Bonchev–Trinajstić information content (AvgIpc) is 3.11. The van der Waals surface area contributed by atoms with Gasteiger partial charge in [0.05, 0.1) is 5.69 Å². The second kappa shape index (κ2) is 7.68. The minimum Gasteiger partial charge on any atom is -0.504 e. The van der Waals surface area contributed by atoms with Crippen molar-refractivity contribution >= 4 is 28.5 Å². The number of aromatic hydroxyl groups is 2. The summed E-state index contributed by atoms with van der Waals surface area (Å²) in [6.07, 6.45) is 1.31. The number of hydrogen-bond acceptors (Lipinski definition) is 7. The number of anilines is 1. The maximum Gasteiger partial charge on any atom is 0.268 e. The fourth-order valence-electron chi connectivity index (χ4n) is 2.24. The number of hydrogen-bond donors (Lipinski definition) is 3. The van der Waals surface area contributed by atoms with Gasteiger partial charge < -0.3 is 10.2 Å². The van der Waals surface area contributed by atoms with Crippen molar-refractivity contribution < 1.29 is 15.0 Å². The van der Waals surface area contributed by atoms with E-state index < -0.39 is 5.91 Å². The summed E-state index contributed by atoms with van der Waals surface area (Å²) in [4.78, 5) is 21.0. The van der Waals surface area contributed by atoms with E-state index in [9.17, 15) is 20.3 Å². The summed E-state index contributed by atoms with van der Waals surface area (Å²) in [5.41, 5.74) is 2.43. The second-order valence-electron chi connectivity index (χ2n) is 5.57. The number of carbonyl (C=O) groups excluding carboxylic acids is 1. The highest BCUT2D eigenvalue weighted by molar-refractivity contribution is 7.14. The molecule has 1 amide bonds. The van der Waals surface area contributed by atoms with E-state index in [1.54, 1.807) is 5.38 Å². The number of pyridine rings is 1. The summed E-state index contributed by atoms with van der Waals surface area (Å²) in [5.74, 6) is -1.24. The number of thiazole rings is 1. The smallest absolute Gasteiger partial charge is 0.268 e. The molecule has 1 aromatic carbocycles. The first-order valence-electron chi connectivity index (χ1n) is 7.81. The molecule has 0 atom stereocenters. The summed E-state index contributed by atoms with van der Waals surface area (Å²) < 4.78 is 0. The van der Waals surface area contributed by atoms with E-state index in [2.05, 4.69) is 15.3 Å². The Morgan fingerprint density at radius 2 is 2.00 bits per heavy atom. The average molecular weight is 378 g/mol. The van der Waals surface area contributed by atoms with Crippen LogP contribution < -0.4 is 5.32 Å². The lowest BCUT2D eigenvalue weighted by atomic mass is 10.1. The van der Waals surface area contributed by atoms with Gasteiger partial charge in [-0.05, 0) is 42.8 Å². The zero-order chi connectivity index (χ0) is 19.4. The van der Waals surface area contributed by atoms with Crippen molar-refractivity contribution in [1.29, 1.82) is 5.26 Å². The Kier molecular flexibility index (Phi) is 5.15. The summed E-state index contributed by atoms with van der Waals surface area (Å²) in [7, 11) is 0. The Balaban J connectivity index is 1.78. The van der Waals surface area contributed by atoms with Gasteiger partial charge in [-0.3, -0.25) is 15.1 Å². The van der Waals surface area contributed by atoms with Gasteiger partial charge >= 0.3 is 0 Å². The lowest BCUT2D eigenvalue weighted by Crippen LogP contribution is -2.13. The number of phenols is 2. The molecule has 0 aliphatic carbocycles. The van der Waals surface area contributed by atoms with Crippen molar-refractivity contribution in [3.63, 3.8) is 0 Å². The van der Waals surface area contributed by atoms with Gasteiger partial charge in [-0.2, -0.15) is 5.26 Å². The Morgan fingerprint density at radius 1 is 1.19 bits per heavy atom. The molecule has 0 bridgehead atoms. The molecule has 3 rings (SSSR count). The number of carbonyl (C=O) groups is 1. The fourth-order valence-corrected chi connectivity index (χ4v) is 2.94. The molecule has 134 valence electrons. The molecule has 8 heteroatoms. The van der Waals surface area contributed by atoms with E-state index in [0.717, 1.165) is 5.69 Å². The van der Waals surface area contributed by atoms with Crippen LogP contribution in [0.5, 0.6) is 11.5 Å². The first-order valence-corrected chi connectivity index (χ1v) is 8.69. The second-order valence-corrected chi connectivity index (χ2v) is 6.43. The molecule has 2 heterocycles. The van der Waals surface area contributed by atoms with E-state index in [1.807, 2.05) is 31.2 Å². The molecule has 27 heavy (non-hydrogen) atoms. The van der Waals surface area contributed by atoms with E-state index in [4.69, 9.17) is 0 Å². The third-order valence-corrected chi connectivity index (χ3v) is 4.31. The van der Waals surface area contributed by atoms with Crippen molar-refractivity contribution in [2.75, 3.05) is 5.32 Å². The van der Waals surface area contributed by atoms with Gasteiger partial charge in [-0.1, -0.05) is 12.1 Å². The molecule has 0 aliphatic rings. The van der Waals surface area contributed by atoms with Gasteiger partial charge in [-0.25, -0.2) is 4.98 Å². The number of nitriles is 1. The zero-order valence-corrected chi connectivity index (χ0v) is 15.0. The molecule has 2 aromatic heterocycles. The summed E-state index contributed by atoms with van der Waals surface area (Å²) in [6, 6.07) is 11.4. The van der Waals surface area contributed by atoms with Crippen LogP contribution in [0, 0.1) is 18.3 Å². The van der Waals surface area contributed by atoms with Crippen molar-refractivity contribution in [1.82, 2.24) is 9.97 Å². The summed E-state index contributed by atoms with van der Waals surface area (Å²) in [5, 5.41) is 32.8. The van der Waals surface area contributed by atoms with Crippen LogP contribution in [-0.4, -0.2) is 26.1 Å². The molecular formula is C19H14N4O3S. The molecule has 0 saturated carbocycles. The van der Waals surface area contributed by atoms with Crippen LogP contribution in [0.1, 0.15) is 11.3 Å². The number of nitrogens with one attached hydrogen (secondary N) is 1. The normalized spacial score (nSPS) is 11.0. The van der Waals surface area contributed by atoms with Crippen LogP contribution in [0.2, 0.25) is 0 Å². The van der Waals surface area contributed by atoms with Gasteiger partial charge in [0.15, 0.2) is 16.6 Å². The first kappa shape index (κ1) is 18.1. The summed E-state index contributed by atoms with van der Waals surface area (Å²) >= 11 is 1.22. The van der Waals surface area contributed by atoms with Gasteiger partial charge in [-0.15, -0.1) is 11.3 Å². The Labute approximate surface area is 158 Å². The third-order valence-electron chi connectivity index (χ3n) is 3.55. The lowest BCUT2D eigenvalue weighted by Gasteiger charge is -2.02. The Morgan fingerprint density at radius 3 is 2.70 bits per heavy atom. The van der Waals surface area contributed by atoms with Gasteiger partial charge in [0.2, 0.25) is 0 Å². The van der Waals surface area contributed by atoms with Crippen LogP contribution in [0.25, 0.3) is 17.5 Å². The predicted octanol–water partition coefficient (Wildman–Crippen LogP) is 3.47. The SMILES string of the molecule is Cc1cccc(-c2csc(NC(=O)/C(C#N)=C/c3ccc(O)c(O)c3)n2)n1. The maximum absolute atomic E-state index is 12.3. The molecule has 7 nitrogen and oxygen atoms in total. The van der Waals surface area contributed by atoms with Crippen LogP contribution in [0.4, 0.5) is 5.13 Å². The monoisotopic (exact) mass is 378 g/mol. The molecule has 3 N–H and O–H groups in total. The Bertz CT molecular complexity index is 1080. The van der Waals surface area contributed by atoms with Crippen LogP contribution in [0.3, 0.4) is 0 Å². The largest absolute Gasteiger partial charge is 0.504 e. The van der Waals surface area contributed by atoms with Crippen LogP contribution in [0.15, 0.2) is 47.4 Å². The molecule has 0 radical (unpaired) electrons. The number of aryl methyl sites for hydroxylation is 1. The van der Waals surface area contributed by atoms with Crippen LogP contribution >= 0.6 is 11.3 Å². The fraction of sp³-hybridized carbons (Fsp3) is 0.0526. The quantitative estimate of drug-likeness (QED) is 0.363. The number of aromatic nitrogens is 2. The van der Waals surface area contributed by atoms with Crippen molar-refractivity contribution in [3.8, 4) is 29.0 Å². The Hall–Kier alpha value is -3.70.